The Morgan fingerprint density at radius 2 is 1.16 bits per heavy atom. The van der Waals surface area contributed by atoms with Crippen molar-refractivity contribution in [3.8, 4) is 0 Å². The summed E-state index contributed by atoms with van der Waals surface area (Å²) in [7, 11) is -1.69. The Hall–Kier alpha value is -0.963. The molecule has 8 rings (SSSR count). The number of fused-ring (bicyclic) bond motifs is 2. The van der Waals surface area contributed by atoms with Gasteiger partial charge >= 0.3 is 0 Å². The fourth-order valence-electron chi connectivity index (χ4n) is 13.3. The van der Waals surface area contributed by atoms with E-state index < -0.39 is 8.07 Å². The van der Waals surface area contributed by atoms with Gasteiger partial charge in [0, 0.05) is 24.2 Å². The van der Waals surface area contributed by atoms with Gasteiger partial charge in [0.25, 0.3) is 0 Å². The Morgan fingerprint density at radius 1 is 0.581 bits per heavy atom. The van der Waals surface area contributed by atoms with Crippen LogP contribution in [0.5, 0.6) is 0 Å². The highest BCUT2D eigenvalue weighted by atomic mass is 28.3. The third-order valence-electron chi connectivity index (χ3n) is 14.9. The van der Waals surface area contributed by atoms with E-state index in [0.29, 0.717) is 17.9 Å². The fraction of sp³-hybridized carbons (Fsp3) is 0.850. The van der Waals surface area contributed by atoms with Gasteiger partial charge in [-0.15, -0.1) is 0 Å². The molecule has 6 aliphatic carbocycles. The standard InChI is InChI=1S/C40H62O2Si/c1-43(2,39-31-19-11-9-17-29(31)25-33(39)37-23-21-35(41-37)27-13-5-3-6-14-27)40-32-20-12-10-18-30(32)26-34(40)38-24-22-36(42-38)28-15-7-4-8-16-28/h21-23,27-34,38-40H,3-20,24-26H2,1-2H3/t29?,30?,31?,32?,33?,34?,38-,39?,40?/m1/s1. The molecule has 1 aromatic heterocycles. The van der Waals surface area contributed by atoms with Crippen molar-refractivity contribution >= 4 is 8.07 Å². The summed E-state index contributed by atoms with van der Waals surface area (Å²) >= 11 is 0. The van der Waals surface area contributed by atoms with Gasteiger partial charge in [-0.05, 0) is 97.4 Å². The summed E-state index contributed by atoms with van der Waals surface area (Å²) in [6, 6.07) is 4.92. The van der Waals surface area contributed by atoms with Gasteiger partial charge in [0.1, 0.15) is 17.6 Å². The summed E-state index contributed by atoms with van der Waals surface area (Å²) in [4.78, 5) is 0. The lowest BCUT2D eigenvalue weighted by Crippen LogP contribution is -2.48. The van der Waals surface area contributed by atoms with E-state index >= 15 is 0 Å². The van der Waals surface area contributed by atoms with Crippen LogP contribution in [0.2, 0.25) is 24.2 Å². The molecule has 6 saturated carbocycles. The molecule has 7 aliphatic rings. The zero-order chi connectivity index (χ0) is 29.0. The van der Waals surface area contributed by atoms with Crippen LogP contribution in [0, 0.1) is 35.5 Å². The maximum Gasteiger partial charge on any atom is 0.107 e. The first-order valence-corrected chi connectivity index (χ1v) is 22.7. The molecule has 43 heavy (non-hydrogen) atoms. The van der Waals surface area contributed by atoms with Gasteiger partial charge in [-0.2, -0.15) is 0 Å². The normalized spacial score (nSPS) is 41.1. The minimum absolute atomic E-state index is 0.475. The van der Waals surface area contributed by atoms with E-state index in [9.17, 15) is 0 Å². The van der Waals surface area contributed by atoms with Crippen molar-refractivity contribution in [2.75, 3.05) is 0 Å². The molecule has 1 aliphatic heterocycles. The zero-order valence-electron chi connectivity index (χ0n) is 27.7. The zero-order valence-corrected chi connectivity index (χ0v) is 28.7. The second kappa shape index (κ2) is 12.3. The topological polar surface area (TPSA) is 22.4 Å². The van der Waals surface area contributed by atoms with E-state index in [-0.39, 0.29) is 0 Å². The smallest absolute Gasteiger partial charge is 0.107 e. The van der Waals surface area contributed by atoms with Crippen LogP contribution in [0.15, 0.2) is 28.4 Å². The molecule has 6 fully saturated rings. The monoisotopic (exact) mass is 602 g/mol. The van der Waals surface area contributed by atoms with E-state index in [4.69, 9.17) is 9.15 Å². The predicted molar refractivity (Wildman–Crippen MR) is 180 cm³/mol. The summed E-state index contributed by atoms with van der Waals surface area (Å²) in [5.41, 5.74) is 1.83. The minimum Gasteiger partial charge on any atom is -0.494 e. The van der Waals surface area contributed by atoms with Gasteiger partial charge in [0.2, 0.25) is 0 Å². The van der Waals surface area contributed by atoms with Crippen LogP contribution in [-0.4, -0.2) is 14.2 Å². The predicted octanol–water partition coefficient (Wildman–Crippen LogP) is 12.1. The average Bonchev–Trinajstić information content (AvgIpc) is 3.85. The summed E-state index contributed by atoms with van der Waals surface area (Å²) in [6.07, 6.45) is 32.9. The largest absolute Gasteiger partial charge is 0.494 e. The molecule has 8 unspecified atom stereocenters. The molecule has 2 heterocycles. The molecule has 0 bridgehead atoms. The molecule has 3 heteroatoms. The van der Waals surface area contributed by atoms with Gasteiger partial charge in [0.15, 0.2) is 0 Å². The summed E-state index contributed by atoms with van der Waals surface area (Å²) in [5, 5.41) is 0. The summed E-state index contributed by atoms with van der Waals surface area (Å²) < 4.78 is 14.1. The highest BCUT2D eigenvalue weighted by Crippen LogP contribution is 2.67. The summed E-state index contributed by atoms with van der Waals surface area (Å²) in [6.45, 7) is 5.82. The molecule has 9 atom stereocenters. The Kier molecular flexibility index (Phi) is 8.44. The molecule has 0 saturated heterocycles. The highest BCUT2D eigenvalue weighted by Gasteiger charge is 2.61. The van der Waals surface area contributed by atoms with Crippen LogP contribution < -0.4 is 0 Å². The lowest BCUT2D eigenvalue weighted by molar-refractivity contribution is 0.0639. The van der Waals surface area contributed by atoms with E-state index in [1.54, 1.807) is 0 Å². The number of rotatable bonds is 6. The van der Waals surface area contributed by atoms with Crippen LogP contribution in [0.4, 0.5) is 0 Å². The number of allylic oxidation sites excluding steroid dienone is 1. The number of hydrogen-bond acceptors (Lipinski definition) is 2. The first-order chi connectivity index (χ1) is 21.1. The first kappa shape index (κ1) is 29.4. The van der Waals surface area contributed by atoms with Gasteiger partial charge in [-0.25, -0.2) is 0 Å². The van der Waals surface area contributed by atoms with Crippen LogP contribution in [0.3, 0.4) is 0 Å². The Balaban J connectivity index is 1.10. The van der Waals surface area contributed by atoms with Crippen molar-refractivity contribution in [2.24, 2.45) is 35.5 Å². The summed E-state index contributed by atoms with van der Waals surface area (Å²) in [5.74, 6) is 10.9. The van der Waals surface area contributed by atoms with E-state index in [1.807, 2.05) is 0 Å². The SMILES string of the molecule is C[Si](C)(C1C(c2ccc(C3CCCCC3)o2)CC2CCCCC21)C1C2CCCCC2CC1[C@H]1CC=C(C2CCCCC2)O1. The quantitative estimate of drug-likeness (QED) is 0.302. The third kappa shape index (κ3) is 5.46. The van der Waals surface area contributed by atoms with Crippen molar-refractivity contribution < 1.29 is 9.15 Å². The van der Waals surface area contributed by atoms with Gasteiger partial charge < -0.3 is 9.15 Å². The van der Waals surface area contributed by atoms with Crippen LogP contribution in [-0.2, 0) is 4.74 Å². The van der Waals surface area contributed by atoms with E-state index in [1.165, 1.54) is 152 Å². The van der Waals surface area contributed by atoms with Crippen LogP contribution in [0.25, 0.3) is 0 Å². The second-order valence-corrected chi connectivity index (χ2v) is 22.4. The molecule has 1 aromatic rings. The number of ether oxygens (including phenoxy) is 1. The van der Waals surface area contributed by atoms with E-state index in [0.717, 1.165) is 46.6 Å². The van der Waals surface area contributed by atoms with Gasteiger partial charge in [-0.3, -0.25) is 0 Å². The van der Waals surface area contributed by atoms with E-state index in [2.05, 4.69) is 31.3 Å². The lowest BCUT2D eigenvalue weighted by Gasteiger charge is -2.48. The molecule has 0 aromatic carbocycles. The van der Waals surface area contributed by atoms with Crippen LogP contribution in [0.1, 0.15) is 158 Å². The second-order valence-electron chi connectivity index (χ2n) is 17.4. The molecule has 2 nitrogen and oxygen atoms in total. The van der Waals surface area contributed by atoms with Crippen molar-refractivity contribution in [2.45, 2.75) is 177 Å². The van der Waals surface area contributed by atoms with Crippen molar-refractivity contribution in [1.82, 2.24) is 0 Å². The molecule has 0 N–H and O–H groups in total. The lowest BCUT2D eigenvalue weighted by atomic mass is 9.81. The number of furan rings is 1. The molecule has 0 amide bonds. The van der Waals surface area contributed by atoms with Gasteiger partial charge in [-0.1, -0.05) is 103 Å². The number of hydrogen-bond donors (Lipinski definition) is 0. The van der Waals surface area contributed by atoms with Crippen molar-refractivity contribution in [3.05, 3.63) is 35.5 Å². The Bertz CT molecular complexity index is 1120. The maximum absolute atomic E-state index is 7.13. The highest BCUT2D eigenvalue weighted by molar-refractivity contribution is 6.80. The van der Waals surface area contributed by atoms with Gasteiger partial charge in [0.05, 0.1) is 13.8 Å². The third-order valence-corrected chi connectivity index (χ3v) is 20.1. The molecule has 238 valence electrons. The fourth-order valence-corrected chi connectivity index (χ4v) is 19.6. The molecule has 0 radical (unpaired) electrons. The molecular weight excluding hydrogens is 541 g/mol. The maximum atomic E-state index is 7.13. The Labute approximate surface area is 264 Å². The molecular formula is C40H62O2Si. The average molecular weight is 603 g/mol. The first-order valence-electron chi connectivity index (χ1n) is 19.5. The van der Waals surface area contributed by atoms with Crippen LogP contribution >= 0.6 is 0 Å². The Morgan fingerprint density at radius 3 is 1.88 bits per heavy atom. The minimum atomic E-state index is -1.69. The van der Waals surface area contributed by atoms with Crippen molar-refractivity contribution in [3.63, 3.8) is 0 Å². The molecule has 0 spiro atoms. The van der Waals surface area contributed by atoms with Crippen molar-refractivity contribution in [1.29, 1.82) is 0 Å².